The molecule has 1 aromatic carbocycles. The van der Waals surface area contributed by atoms with E-state index >= 15 is 0 Å². The van der Waals surface area contributed by atoms with Gasteiger partial charge in [-0.3, -0.25) is 0 Å². The number of halogens is 1. The van der Waals surface area contributed by atoms with Gasteiger partial charge in [0.1, 0.15) is 5.82 Å². The van der Waals surface area contributed by atoms with Crippen LogP contribution in [-0.2, 0) is 16.6 Å². The van der Waals surface area contributed by atoms with Gasteiger partial charge in [0.15, 0.2) is 0 Å². The highest BCUT2D eigenvalue weighted by atomic mass is 32.2. The molecule has 0 aromatic heterocycles. The molecule has 18 heavy (non-hydrogen) atoms. The zero-order chi connectivity index (χ0) is 13.6. The van der Waals surface area contributed by atoms with Crippen molar-refractivity contribution in [3.8, 4) is 0 Å². The Morgan fingerprint density at radius 3 is 2.67 bits per heavy atom. The molecule has 6 heteroatoms. The van der Waals surface area contributed by atoms with Crippen LogP contribution in [-0.4, -0.2) is 15.0 Å². The molecule has 0 fully saturated rings. The summed E-state index contributed by atoms with van der Waals surface area (Å²) in [6.45, 7) is 2.42. The van der Waals surface area contributed by atoms with Crippen LogP contribution in [0.25, 0.3) is 0 Å². The van der Waals surface area contributed by atoms with E-state index in [9.17, 15) is 12.8 Å². The summed E-state index contributed by atoms with van der Waals surface area (Å²) in [4.78, 5) is 0.0563. The molecule has 0 unspecified atom stereocenters. The fraction of sp³-hybridized carbons (Fsp3) is 0.500. The van der Waals surface area contributed by atoms with Gasteiger partial charge in [-0.2, -0.15) is 0 Å². The van der Waals surface area contributed by atoms with Crippen molar-refractivity contribution < 1.29 is 12.8 Å². The monoisotopic (exact) mass is 274 g/mol. The molecule has 0 saturated carbocycles. The Labute approximate surface area is 107 Å². The van der Waals surface area contributed by atoms with Gasteiger partial charge in [0.05, 0.1) is 4.90 Å². The smallest absolute Gasteiger partial charge is 0.240 e. The van der Waals surface area contributed by atoms with Gasteiger partial charge in [-0.15, -0.1) is 0 Å². The minimum absolute atomic E-state index is 0.0228. The minimum atomic E-state index is -3.56. The topological polar surface area (TPSA) is 72.2 Å². The number of unbranched alkanes of at least 4 members (excludes halogenated alkanes) is 2. The van der Waals surface area contributed by atoms with Gasteiger partial charge < -0.3 is 5.73 Å². The molecule has 0 spiro atoms. The summed E-state index contributed by atoms with van der Waals surface area (Å²) in [5.74, 6) is -0.484. The van der Waals surface area contributed by atoms with E-state index in [4.69, 9.17) is 5.73 Å². The second-order valence-corrected chi connectivity index (χ2v) is 5.83. The van der Waals surface area contributed by atoms with Crippen molar-refractivity contribution in [2.24, 2.45) is 5.73 Å². The third-order valence-electron chi connectivity index (χ3n) is 2.62. The summed E-state index contributed by atoms with van der Waals surface area (Å²) < 4.78 is 39.5. The number of nitrogens with one attached hydrogen (secondary N) is 1. The van der Waals surface area contributed by atoms with Gasteiger partial charge in [0.2, 0.25) is 10.0 Å². The molecule has 0 aliphatic heterocycles. The third kappa shape index (κ3) is 4.04. The van der Waals surface area contributed by atoms with Crippen LogP contribution in [0.3, 0.4) is 0 Å². The lowest BCUT2D eigenvalue weighted by molar-refractivity contribution is 0.574. The Kier molecular flexibility index (Phi) is 5.71. The average molecular weight is 274 g/mol. The van der Waals surface area contributed by atoms with Crippen molar-refractivity contribution in [1.82, 2.24) is 4.72 Å². The molecule has 0 radical (unpaired) electrons. The third-order valence-corrected chi connectivity index (χ3v) is 4.08. The number of rotatable bonds is 7. The molecule has 1 aromatic rings. The Balaban J connectivity index is 2.78. The quantitative estimate of drug-likeness (QED) is 0.744. The van der Waals surface area contributed by atoms with E-state index < -0.39 is 15.8 Å². The number of nitrogens with two attached hydrogens (primary N) is 1. The Morgan fingerprint density at radius 1 is 1.33 bits per heavy atom. The summed E-state index contributed by atoms with van der Waals surface area (Å²) in [5.41, 5.74) is 5.55. The SMILES string of the molecule is CCCCCNS(=O)(=O)c1ccc(F)c(CN)c1. The van der Waals surface area contributed by atoms with E-state index in [-0.39, 0.29) is 17.0 Å². The lowest BCUT2D eigenvalue weighted by Gasteiger charge is -2.08. The van der Waals surface area contributed by atoms with E-state index in [1.54, 1.807) is 0 Å². The molecular formula is C12H19FN2O2S. The first-order chi connectivity index (χ1) is 8.51. The highest BCUT2D eigenvalue weighted by Gasteiger charge is 2.15. The van der Waals surface area contributed by atoms with Crippen LogP contribution in [0, 0.1) is 5.82 Å². The lowest BCUT2D eigenvalue weighted by atomic mass is 10.2. The van der Waals surface area contributed by atoms with Crippen molar-refractivity contribution in [2.45, 2.75) is 37.6 Å². The van der Waals surface area contributed by atoms with Crippen molar-refractivity contribution in [3.63, 3.8) is 0 Å². The number of hydrogen-bond donors (Lipinski definition) is 2. The van der Waals surface area contributed by atoms with Crippen LogP contribution in [0.2, 0.25) is 0 Å². The van der Waals surface area contributed by atoms with E-state index in [0.717, 1.165) is 25.3 Å². The predicted octanol–water partition coefficient (Wildman–Crippen LogP) is 1.75. The molecule has 0 atom stereocenters. The highest BCUT2D eigenvalue weighted by Crippen LogP contribution is 2.14. The average Bonchev–Trinajstić information content (AvgIpc) is 2.35. The number of benzene rings is 1. The maximum atomic E-state index is 13.2. The summed E-state index contributed by atoms with van der Waals surface area (Å²) >= 11 is 0. The Bertz CT molecular complexity index is 489. The van der Waals surface area contributed by atoms with Crippen LogP contribution >= 0.6 is 0 Å². The minimum Gasteiger partial charge on any atom is -0.326 e. The normalized spacial score (nSPS) is 11.7. The van der Waals surface area contributed by atoms with E-state index in [0.29, 0.717) is 6.54 Å². The van der Waals surface area contributed by atoms with Gasteiger partial charge >= 0.3 is 0 Å². The second kappa shape index (κ2) is 6.82. The molecule has 4 nitrogen and oxygen atoms in total. The van der Waals surface area contributed by atoms with Crippen LogP contribution in [0.15, 0.2) is 23.1 Å². The highest BCUT2D eigenvalue weighted by molar-refractivity contribution is 7.89. The first kappa shape index (κ1) is 15.1. The van der Waals surface area contributed by atoms with Gasteiger partial charge in [-0.05, 0) is 24.6 Å². The molecule has 0 amide bonds. The zero-order valence-electron chi connectivity index (χ0n) is 10.4. The molecular weight excluding hydrogens is 255 g/mol. The summed E-state index contributed by atoms with van der Waals surface area (Å²) in [6, 6.07) is 3.65. The largest absolute Gasteiger partial charge is 0.326 e. The predicted molar refractivity (Wildman–Crippen MR) is 69.0 cm³/mol. The van der Waals surface area contributed by atoms with Crippen molar-refractivity contribution >= 4 is 10.0 Å². The van der Waals surface area contributed by atoms with Crippen LogP contribution < -0.4 is 10.5 Å². The van der Waals surface area contributed by atoms with E-state index in [1.165, 1.54) is 12.1 Å². The van der Waals surface area contributed by atoms with E-state index in [2.05, 4.69) is 4.72 Å². The number of sulfonamides is 1. The maximum Gasteiger partial charge on any atom is 0.240 e. The fourth-order valence-electron chi connectivity index (χ4n) is 1.54. The zero-order valence-corrected chi connectivity index (χ0v) is 11.3. The molecule has 102 valence electrons. The van der Waals surface area contributed by atoms with Crippen LogP contribution in [0.5, 0.6) is 0 Å². The van der Waals surface area contributed by atoms with Gasteiger partial charge in [0, 0.05) is 18.7 Å². The first-order valence-corrected chi connectivity index (χ1v) is 7.47. The van der Waals surface area contributed by atoms with Crippen LogP contribution in [0.4, 0.5) is 4.39 Å². The maximum absolute atomic E-state index is 13.2. The van der Waals surface area contributed by atoms with Crippen molar-refractivity contribution in [1.29, 1.82) is 0 Å². The molecule has 0 aliphatic carbocycles. The molecule has 0 heterocycles. The summed E-state index contributed by atoms with van der Waals surface area (Å²) in [6.07, 6.45) is 2.79. The molecule has 3 N–H and O–H groups in total. The van der Waals surface area contributed by atoms with Gasteiger partial charge in [-0.1, -0.05) is 19.8 Å². The van der Waals surface area contributed by atoms with Gasteiger partial charge in [0.25, 0.3) is 0 Å². The Hall–Kier alpha value is -0.980. The van der Waals surface area contributed by atoms with Gasteiger partial charge in [-0.25, -0.2) is 17.5 Å². The first-order valence-electron chi connectivity index (χ1n) is 5.99. The molecule has 0 saturated heterocycles. The molecule has 0 aliphatic rings. The second-order valence-electron chi connectivity index (χ2n) is 4.06. The summed E-state index contributed by atoms with van der Waals surface area (Å²) in [7, 11) is -3.56. The molecule has 0 bridgehead atoms. The number of hydrogen-bond acceptors (Lipinski definition) is 3. The van der Waals surface area contributed by atoms with E-state index in [1.807, 2.05) is 6.92 Å². The molecule has 1 rings (SSSR count). The Morgan fingerprint density at radius 2 is 2.06 bits per heavy atom. The van der Waals surface area contributed by atoms with Crippen molar-refractivity contribution in [3.05, 3.63) is 29.6 Å². The van der Waals surface area contributed by atoms with Crippen molar-refractivity contribution in [2.75, 3.05) is 6.54 Å². The standard InChI is InChI=1S/C12H19FN2O2S/c1-2-3-4-7-15-18(16,17)11-5-6-12(13)10(8-11)9-14/h5-6,8,15H,2-4,7,9,14H2,1H3. The fourth-order valence-corrected chi connectivity index (χ4v) is 2.66. The lowest BCUT2D eigenvalue weighted by Crippen LogP contribution is -2.25. The summed E-state index contributed by atoms with van der Waals surface area (Å²) in [5, 5.41) is 0. The van der Waals surface area contributed by atoms with Crippen LogP contribution in [0.1, 0.15) is 31.7 Å².